The van der Waals surface area contributed by atoms with E-state index in [2.05, 4.69) is 0 Å². The number of amides is 2. The van der Waals surface area contributed by atoms with E-state index in [1.165, 1.54) is 17.0 Å². The number of carbonyl (C=O) groups is 2. The molecule has 27 heavy (non-hydrogen) atoms. The molecule has 2 amide bonds. The van der Waals surface area contributed by atoms with Crippen LogP contribution in [0.2, 0.25) is 0 Å². The van der Waals surface area contributed by atoms with E-state index in [-0.39, 0.29) is 11.9 Å². The molecule has 150 valence electrons. The van der Waals surface area contributed by atoms with Crippen molar-refractivity contribution in [2.75, 3.05) is 20.1 Å². The van der Waals surface area contributed by atoms with E-state index in [1.807, 2.05) is 0 Å². The van der Waals surface area contributed by atoms with Gasteiger partial charge in [0.25, 0.3) is 11.7 Å². The molecule has 0 aliphatic carbocycles. The maximum Gasteiger partial charge on any atom is 0.410 e. The summed E-state index contributed by atoms with van der Waals surface area (Å²) in [6, 6.07) is 6.11. The molecule has 1 aliphatic heterocycles. The third-order valence-electron chi connectivity index (χ3n) is 4.15. The van der Waals surface area contributed by atoms with Gasteiger partial charge in [0.2, 0.25) is 0 Å². The van der Waals surface area contributed by atoms with E-state index in [0.29, 0.717) is 35.3 Å². The minimum atomic E-state index is -2.49. The lowest BCUT2D eigenvalue weighted by molar-refractivity contribution is 0.0252. The number of rotatable bonds is 5. The SMILES string of the molecule is CN(C[C@H]1CCCN1C(=O)c1ccc(SC(F)F)cc1)C(=O)OC(C)(C)C. The molecule has 1 atom stereocenters. The first-order valence-corrected chi connectivity index (χ1v) is 9.75. The molecule has 1 saturated heterocycles. The Labute approximate surface area is 163 Å². The molecular weight excluding hydrogens is 374 g/mol. The number of hydrogen-bond acceptors (Lipinski definition) is 4. The molecular formula is C19H26F2N2O3S. The summed E-state index contributed by atoms with van der Waals surface area (Å²) in [6.45, 7) is 6.42. The Morgan fingerprint density at radius 2 is 1.93 bits per heavy atom. The predicted molar refractivity (Wildman–Crippen MR) is 101 cm³/mol. The van der Waals surface area contributed by atoms with Crippen LogP contribution in [-0.4, -0.2) is 59.3 Å². The molecule has 2 rings (SSSR count). The van der Waals surface area contributed by atoms with Crippen LogP contribution in [0.3, 0.4) is 0 Å². The Kier molecular flexibility index (Phi) is 7.08. The normalized spacial score (nSPS) is 17.3. The summed E-state index contributed by atoms with van der Waals surface area (Å²) in [5.74, 6) is -2.64. The molecule has 0 spiro atoms. The Morgan fingerprint density at radius 3 is 2.48 bits per heavy atom. The second-order valence-corrected chi connectivity index (χ2v) is 8.62. The fourth-order valence-corrected chi connectivity index (χ4v) is 3.47. The van der Waals surface area contributed by atoms with Crippen molar-refractivity contribution in [1.82, 2.24) is 9.80 Å². The summed E-state index contributed by atoms with van der Waals surface area (Å²) < 4.78 is 30.2. The number of nitrogens with zero attached hydrogens (tertiary/aromatic N) is 2. The van der Waals surface area contributed by atoms with Crippen LogP contribution in [-0.2, 0) is 4.74 Å². The lowest BCUT2D eigenvalue weighted by Crippen LogP contribution is -2.45. The van der Waals surface area contributed by atoms with Crippen molar-refractivity contribution in [2.24, 2.45) is 0 Å². The zero-order valence-electron chi connectivity index (χ0n) is 16.1. The topological polar surface area (TPSA) is 49.9 Å². The highest BCUT2D eigenvalue weighted by Crippen LogP contribution is 2.26. The molecule has 1 aliphatic rings. The average molecular weight is 400 g/mol. The standard InChI is InChI=1S/C19H26F2N2O3S/c1-19(2,3)26-18(25)22(4)12-14-6-5-11-23(14)16(24)13-7-9-15(10-8-13)27-17(20)21/h7-10,14,17H,5-6,11-12H2,1-4H3/t14-/m1/s1. The molecule has 5 nitrogen and oxygen atoms in total. The summed E-state index contributed by atoms with van der Waals surface area (Å²) in [5.41, 5.74) is -0.116. The van der Waals surface area contributed by atoms with Gasteiger partial charge in [0.1, 0.15) is 5.60 Å². The van der Waals surface area contributed by atoms with Crippen LogP contribution in [0, 0.1) is 0 Å². The number of likely N-dealkylation sites (tertiary alicyclic amines) is 1. The lowest BCUT2D eigenvalue weighted by Gasteiger charge is -2.30. The number of likely N-dealkylation sites (N-methyl/N-ethyl adjacent to an activating group) is 1. The number of halogens is 2. The van der Waals surface area contributed by atoms with Gasteiger partial charge in [-0.1, -0.05) is 11.8 Å². The van der Waals surface area contributed by atoms with Gasteiger partial charge in [0.05, 0.1) is 0 Å². The van der Waals surface area contributed by atoms with Crippen LogP contribution in [0.25, 0.3) is 0 Å². The van der Waals surface area contributed by atoms with Crippen molar-refractivity contribution in [1.29, 1.82) is 0 Å². The lowest BCUT2D eigenvalue weighted by atomic mass is 10.1. The van der Waals surface area contributed by atoms with Crippen molar-refractivity contribution < 1.29 is 23.1 Å². The highest BCUT2D eigenvalue weighted by atomic mass is 32.2. The van der Waals surface area contributed by atoms with Crippen molar-refractivity contribution >= 4 is 23.8 Å². The molecule has 0 aromatic heterocycles. The van der Waals surface area contributed by atoms with E-state index < -0.39 is 17.5 Å². The van der Waals surface area contributed by atoms with Gasteiger partial charge in [0.15, 0.2) is 0 Å². The largest absolute Gasteiger partial charge is 0.444 e. The predicted octanol–water partition coefficient (Wildman–Crippen LogP) is 4.47. The fraction of sp³-hybridized carbons (Fsp3) is 0.579. The number of ether oxygens (including phenoxy) is 1. The average Bonchev–Trinajstić information content (AvgIpc) is 3.00. The summed E-state index contributed by atoms with van der Waals surface area (Å²) in [6.07, 6.45) is 1.24. The van der Waals surface area contributed by atoms with Gasteiger partial charge in [-0.2, -0.15) is 8.78 Å². The van der Waals surface area contributed by atoms with E-state index in [9.17, 15) is 18.4 Å². The van der Waals surface area contributed by atoms with E-state index in [0.717, 1.165) is 12.8 Å². The summed E-state index contributed by atoms with van der Waals surface area (Å²) in [4.78, 5) is 28.6. The first-order chi connectivity index (χ1) is 12.6. The molecule has 1 aromatic carbocycles. The van der Waals surface area contributed by atoms with Gasteiger partial charge in [0, 0.05) is 36.6 Å². The first kappa shape index (κ1) is 21.5. The number of benzene rings is 1. The maximum atomic E-state index is 12.8. The number of carbonyl (C=O) groups excluding carboxylic acids is 2. The molecule has 1 aromatic rings. The van der Waals surface area contributed by atoms with Gasteiger partial charge in [-0.25, -0.2) is 4.79 Å². The van der Waals surface area contributed by atoms with Crippen LogP contribution in [0.4, 0.5) is 13.6 Å². The molecule has 0 unspecified atom stereocenters. The Hall–Kier alpha value is -1.83. The number of alkyl halides is 2. The maximum absolute atomic E-state index is 12.8. The molecule has 1 heterocycles. The molecule has 0 radical (unpaired) electrons. The monoisotopic (exact) mass is 400 g/mol. The van der Waals surface area contributed by atoms with Gasteiger partial charge in [-0.05, 0) is 57.9 Å². The van der Waals surface area contributed by atoms with Gasteiger partial charge >= 0.3 is 6.09 Å². The summed E-state index contributed by atoms with van der Waals surface area (Å²) in [5, 5.41) is 0. The van der Waals surface area contributed by atoms with Crippen molar-refractivity contribution in [2.45, 2.75) is 55.9 Å². The van der Waals surface area contributed by atoms with Crippen LogP contribution in [0.5, 0.6) is 0 Å². The highest BCUT2D eigenvalue weighted by Gasteiger charge is 2.32. The molecule has 0 saturated carbocycles. The highest BCUT2D eigenvalue weighted by molar-refractivity contribution is 7.99. The molecule has 0 bridgehead atoms. The summed E-state index contributed by atoms with van der Waals surface area (Å²) >= 11 is 0.451. The second kappa shape index (κ2) is 8.91. The third-order valence-corrected chi connectivity index (χ3v) is 4.88. The fourth-order valence-electron chi connectivity index (χ4n) is 2.97. The smallest absolute Gasteiger partial charge is 0.410 e. The number of thioether (sulfide) groups is 1. The molecule has 0 N–H and O–H groups in total. The quantitative estimate of drug-likeness (QED) is 0.684. The Bertz CT molecular complexity index is 662. The Balaban J connectivity index is 2.00. The van der Waals surface area contributed by atoms with E-state index >= 15 is 0 Å². The van der Waals surface area contributed by atoms with Crippen LogP contribution in [0.1, 0.15) is 44.0 Å². The Morgan fingerprint density at radius 1 is 1.30 bits per heavy atom. The summed E-state index contributed by atoms with van der Waals surface area (Å²) in [7, 11) is 1.66. The van der Waals surface area contributed by atoms with Crippen LogP contribution in [0.15, 0.2) is 29.2 Å². The minimum Gasteiger partial charge on any atom is -0.444 e. The van der Waals surface area contributed by atoms with Crippen molar-refractivity contribution in [3.8, 4) is 0 Å². The van der Waals surface area contributed by atoms with Crippen molar-refractivity contribution in [3.05, 3.63) is 29.8 Å². The zero-order valence-corrected chi connectivity index (χ0v) is 16.9. The zero-order chi connectivity index (χ0) is 20.2. The molecule has 8 heteroatoms. The van der Waals surface area contributed by atoms with Crippen LogP contribution >= 0.6 is 11.8 Å². The van der Waals surface area contributed by atoms with Crippen molar-refractivity contribution in [3.63, 3.8) is 0 Å². The second-order valence-electron chi connectivity index (χ2n) is 7.56. The minimum absolute atomic E-state index is 0.0925. The number of hydrogen-bond donors (Lipinski definition) is 0. The van der Waals surface area contributed by atoms with E-state index in [1.54, 1.807) is 44.9 Å². The van der Waals surface area contributed by atoms with Gasteiger partial charge in [-0.3, -0.25) is 4.79 Å². The van der Waals surface area contributed by atoms with Gasteiger partial charge in [-0.15, -0.1) is 0 Å². The van der Waals surface area contributed by atoms with Crippen LogP contribution < -0.4 is 0 Å². The first-order valence-electron chi connectivity index (χ1n) is 8.87. The van der Waals surface area contributed by atoms with Gasteiger partial charge < -0.3 is 14.5 Å². The molecule has 1 fully saturated rings. The van der Waals surface area contributed by atoms with E-state index in [4.69, 9.17) is 4.74 Å². The third kappa shape index (κ3) is 6.37.